The van der Waals surface area contributed by atoms with Crippen molar-refractivity contribution in [2.75, 3.05) is 32.0 Å². The minimum absolute atomic E-state index is 0.0487. The number of nitrogens with zero attached hydrogens (tertiary/aromatic N) is 2. The number of carbonyl (C=O) groups is 1. The molecule has 0 bridgehead atoms. The van der Waals surface area contributed by atoms with E-state index in [1.807, 2.05) is 12.3 Å². The lowest BCUT2D eigenvalue weighted by atomic mass is 10.2. The third-order valence-electron chi connectivity index (χ3n) is 2.97. The topological polar surface area (TPSA) is 57.3 Å². The number of hydrogen-bond acceptors (Lipinski definition) is 4. The summed E-state index contributed by atoms with van der Waals surface area (Å²) in [5.74, 6) is 0.955. The first-order valence-electron chi connectivity index (χ1n) is 7.31. The van der Waals surface area contributed by atoms with Crippen molar-refractivity contribution < 1.29 is 4.79 Å². The van der Waals surface area contributed by atoms with Gasteiger partial charge in [0.15, 0.2) is 0 Å². The summed E-state index contributed by atoms with van der Waals surface area (Å²) in [6.45, 7) is 7.27. The highest BCUT2D eigenvalue weighted by molar-refractivity contribution is 5.77. The molecule has 5 heteroatoms. The van der Waals surface area contributed by atoms with Gasteiger partial charge in [-0.05, 0) is 31.0 Å². The zero-order valence-electron chi connectivity index (χ0n) is 12.8. The van der Waals surface area contributed by atoms with Crippen molar-refractivity contribution in [2.45, 2.75) is 33.2 Å². The Morgan fingerprint density at radius 3 is 2.65 bits per heavy atom. The summed E-state index contributed by atoms with van der Waals surface area (Å²) in [5.41, 5.74) is 1.13. The Balaban J connectivity index is 2.56. The first-order chi connectivity index (χ1) is 9.69. The highest BCUT2D eigenvalue weighted by Crippen LogP contribution is 2.08. The molecule has 2 N–H and O–H groups in total. The number of aromatic nitrogens is 1. The Bertz CT molecular complexity index is 391. The van der Waals surface area contributed by atoms with Gasteiger partial charge in [0, 0.05) is 26.3 Å². The van der Waals surface area contributed by atoms with E-state index >= 15 is 0 Å². The van der Waals surface area contributed by atoms with E-state index < -0.39 is 0 Å². The summed E-state index contributed by atoms with van der Waals surface area (Å²) >= 11 is 0. The number of amides is 1. The minimum atomic E-state index is 0.0487. The Labute approximate surface area is 121 Å². The highest BCUT2D eigenvalue weighted by atomic mass is 16.1. The third-order valence-corrected chi connectivity index (χ3v) is 2.97. The molecule has 0 atom stereocenters. The lowest BCUT2D eigenvalue weighted by molar-refractivity contribution is -0.121. The van der Waals surface area contributed by atoms with Crippen molar-refractivity contribution in [2.24, 2.45) is 0 Å². The van der Waals surface area contributed by atoms with E-state index in [1.165, 1.54) is 0 Å². The normalized spacial score (nSPS) is 10.6. The van der Waals surface area contributed by atoms with Crippen molar-refractivity contribution in [3.05, 3.63) is 23.9 Å². The van der Waals surface area contributed by atoms with E-state index in [0.29, 0.717) is 6.54 Å². The SMILES string of the molecule is CCCNc1ccc(CN(CCC)CC(=O)NC)cn1. The fourth-order valence-electron chi connectivity index (χ4n) is 1.95. The smallest absolute Gasteiger partial charge is 0.233 e. The molecule has 0 unspecified atom stereocenters. The molecule has 112 valence electrons. The molecule has 0 spiro atoms. The van der Waals surface area contributed by atoms with E-state index in [-0.39, 0.29) is 5.91 Å². The van der Waals surface area contributed by atoms with Gasteiger partial charge in [-0.15, -0.1) is 0 Å². The quantitative estimate of drug-likeness (QED) is 0.724. The van der Waals surface area contributed by atoms with Crippen LogP contribution in [0, 0.1) is 0 Å². The number of rotatable bonds is 9. The summed E-state index contributed by atoms with van der Waals surface area (Å²) in [6.07, 6.45) is 3.99. The third kappa shape index (κ3) is 6.02. The molecule has 20 heavy (non-hydrogen) atoms. The maximum Gasteiger partial charge on any atom is 0.233 e. The number of hydrogen-bond donors (Lipinski definition) is 2. The van der Waals surface area contributed by atoms with Gasteiger partial charge in [-0.25, -0.2) is 4.98 Å². The molecule has 5 nitrogen and oxygen atoms in total. The number of anilines is 1. The molecule has 1 aromatic rings. The molecule has 1 aromatic heterocycles. The van der Waals surface area contributed by atoms with Gasteiger partial charge in [0.1, 0.15) is 5.82 Å². The van der Waals surface area contributed by atoms with Gasteiger partial charge in [0.25, 0.3) is 0 Å². The molecule has 1 heterocycles. The van der Waals surface area contributed by atoms with Gasteiger partial charge in [-0.1, -0.05) is 19.9 Å². The number of likely N-dealkylation sites (N-methyl/N-ethyl adjacent to an activating group) is 1. The molecular formula is C15H26N4O. The first kappa shape index (κ1) is 16.4. The lowest BCUT2D eigenvalue weighted by Gasteiger charge is -2.20. The van der Waals surface area contributed by atoms with E-state index in [4.69, 9.17) is 0 Å². The highest BCUT2D eigenvalue weighted by Gasteiger charge is 2.09. The second kappa shape index (κ2) is 9.31. The molecule has 0 aliphatic carbocycles. The van der Waals surface area contributed by atoms with Crippen LogP contribution < -0.4 is 10.6 Å². The van der Waals surface area contributed by atoms with Gasteiger partial charge in [-0.2, -0.15) is 0 Å². The molecule has 1 amide bonds. The number of carbonyl (C=O) groups excluding carboxylic acids is 1. The van der Waals surface area contributed by atoms with Crippen molar-refractivity contribution in [3.63, 3.8) is 0 Å². The van der Waals surface area contributed by atoms with Gasteiger partial charge in [0.2, 0.25) is 5.91 Å². The van der Waals surface area contributed by atoms with E-state index in [2.05, 4.69) is 40.4 Å². The van der Waals surface area contributed by atoms with Crippen molar-refractivity contribution in [1.29, 1.82) is 0 Å². The van der Waals surface area contributed by atoms with E-state index in [9.17, 15) is 4.79 Å². The molecule has 0 saturated heterocycles. The Kier molecular flexibility index (Phi) is 7.65. The lowest BCUT2D eigenvalue weighted by Crippen LogP contribution is -2.35. The molecule has 0 fully saturated rings. The summed E-state index contributed by atoms with van der Waals surface area (Å²) in [5, 5.41) is 5.92. The molecule has 1 rings (SSSR count). The van der Waals surface area contributed by atoms with Crippen LogP contribution in [0.5, 0.6) is 0 Å². The van der Waals surface area contributed by atoms with Gasteiger partial charge < -0.3 is 10.6 Å². The molecular weight excluding hydrogens is 252 g/mol. The average molecular weight is 278 g/mol. The van der Waals surface area contributed by atoms with Crippen LogP contribution in [0.15, 0.2) is 18.3 Å². The zero-order chi connectivity index (χ0) is 14.8. The summed E-state index contributed by atoms with van der Waals surface area (Å²) in [7, 11) is 1.67. The molecule has 0 saturated carbocycles. The van der Waals surface area contributed by atoms with Crippen LogP contribution >= 0.6 is 0 Å². The zero-order valence-corrected chi connectivity index (χ0v) is 12.8. The van der Waals surface area contributed by atoms with Crippen LogP contribution in [0.1, 0.15) is 32.3 Å². The summed E-state index contributed by atoms with van der Waals surface area (Å²) < 4.78 is 0. The average Bonchev–Trinajstić information content (AvgIpc) is 2.46. The van der Waals surface area contributed by atoms with Crippen LogP contribution in [0.25, 0.3) is 0 Å². The number of pyridine rings is 1. The van der Waals surface area contributed by atoms with Crippen LogP contribution in [-0.2, 0) is 11.3 Å². The predicted molar refractivity (Wildman–Crippen MR) is 82.7 cm³/mol. The largest absolute Gasteiger partial charge is 0.370 e. The Morgan fingerprint density at radius 1 is 1.30 bits per heavy atom. The maximum atomic E-state index is 11.5. The Hall–Kier alpha value is -1.62. The van der Waals surface area contributed by atoms with Crippen molar-refractivity contribution >= 4 is 11.7 Å². The predicted octanol–water partition coefficient (Wildman–Crippen LogP) is 1.86. The number of nitrogens with one attached hydrogen (secondary N) is 2. The van der Waals surface area contributed by atoms with Crippen LogP contribution in [-0.4, -0.2) is 42.5 Å². The standard InChI is InChI=1S/C15H26N4O/c1-4-8-17-14-7-6-13(10-18-14)11-19(9-5-2)12-15(20)16-3/h6-7,10H,4-5,8-9,11-12H2,1-3H3,(H,16,20)(H,17,18). The molecule has 0 aromatic carbocycles. The molecule has 0 aliphatic rings. The first-order valence-corrected chi connectivity index (χ1v) is 7.31. The molecule has 0 aliphatic heterocycles. The minimum Gasteiger partial charge on any atom is -0.370 e. The second-order valence-electron chi connectivity index (χ2n) is 4.86. The molecule has 0 radical (unpaired) electrons. The van der Waals surface area contributed by atoms with Crippen molar-refractivity contribution in [3.8, 4) is 0 Å². The van der Waals surface area contributed by atoms with Crippen molar-refractivity contribution in [1.82, 2.24) is 15.2 Å². The van der Waals surface area contributed by atoms with Crippen LogP contribution in [0.4, 0.5) is 5.82 Å². The van der Waals surface area contributed by atoms with Gasteiger partial charge in [0.05, 0.1) is 6.54 Å². The van der Waals surface area contributed by atoms with Gasteiger partial charge in [-0.3, -0.25) is 9.69 Å². The monoisotopic (exact) mass is 278 g/mol. The summed E-state index contributed by atoms with van der Waals surface area (Å²) in [4.78, 5) is 18.0. The fraction of sp³-hybridized carbons (Fsp3) is 0.600. The van der Waals surface area contributed by atoms with Crippen LogP contribution in [0.2, 0.25) is 0 Å². The van der Waals surface area contributed by atoms with Crippen LogP contribution in [0.3, 0.4) is 0 Å². The fourth-order valence-corrected chi connectivity index (χ4v) is 1.95. The maximum absolute atomic E-state index is 11.5. The van der Waals surface area contributed by atoms with E-state index in [0.717, 1.165) is 43.9 Å². The summed E-state index contributed by atoms with van der Waals surface area (Å²) in [6, 6.07) is 4.06. The van der Waals surface area contributed by atoms with Gasteiger partial charge >= 0.3 is 0 Å². The second-order valence-corrected chi connectivity index (χ2v) is 4.86. The Morgan fingerprint density at radius 2 is 2.10 bits per heavy atom. The van der Waals surface area contributed by atoms with E-state index in [1.54, 1.807) is 7.05 Å².